The topological polar surface area (TPSA) is 104 Å². The van der Waals surface area contributed by atoms with Crippen molar-refractivity contribution in [2.24, 2.45) is 0 Å². The summed E-state index contributed by atoms with van der Waals surface area (Å²) in [7, 11) is 2.86. The number of methoxy groups -OCH3 is 1. The van der Waals surface area contributed by atoms with Gasteiger partial charge in [0, 0.05) is 20.7 Å². The average Bonchev–Trinajstić information content (AvgIpc) is 2.48. The van der Waals surface area contributed by atoms with E-state index in [0.29, 0.717) is 6.07 Å². The number of carboxylic acids is 1. The summed E-state index contributed by atoms with van der Waals surface area (Å²) in [5.41, 5.74) is 2.36. The second kappa shape index (κ2) is 7.63. The molecular weight excluding hydrogens is 321 g/mol. The van der Waals surface area contributed by atoms with Crippen LogP contribution in [0.1, 0.15) is 16.1 Å². The molecule has 0 fully saturated rings. The van der Waals surface area contributed by atoms with Gasteiger partial charge in [-0.25, -0.2) is 14.6 Å². The molecule has 23 heavy (non-hydrogen) atoms. The van der Waals surface area contributed by atoms with Gasteiger partial charge in [0.2, 0.25) is 0 Å². The molecule has 3 N–H and O–H groups in total. The van der Waals surface area contributed by atoms with Crippen molar-refractivity contribution in [3.05, 3.63) is 23.4 Å². The Morgan fingerprint density at radius 3 is 2.57 bits per heavy atom. The van der Waals surface area contributed by atoms with Gasteiger partial charge < -0.3 is 14.7 Å². The number of halogens is 3. The standard InChI is InChI=1S/C12H15F3N4O4/c1-19(5-6-23-2)11(22)18-17-9-7(10(20)21)3-4-8(16-9)12(13,14)15/h3-4H,5-6H2,1-2H3,(H,16,17)(H,18,22)(H,20,21). The van der Waals surface area contributed by atoms with Crippen LogP contribution in [0.25, 0.3) is 0 Å². The number of alkyl halides is 3. The highest BCUT2D eigenvalue weighted by Crippen LogP contribution is 2.29. The Morgan fingerprint density at radius 2 is 2.04 bits per heavy atom. The maximum Gasteiger partial charge on any atom is 0.433 e. The molecule has 1 aromatic heterocycles. The van der Waals surface area contributed by atoms with Crippen LogP contribution in [0.15, 0.2) is 12.1 Å². The van der Waals surface area contributed by atoms with E-state index >= 15 is 0 Å². The SMILES string of the molecule is COCCN(C)C(=O)NNc1nc(C(F)(F)F)ccc1C(=O)O. The van der Waals surface area contributed by atoms with E-state index < -0.39 is 35.3 Å². The van der Waals surface area contributed by atoms with Crippen LogP contribution in [-0.2, 0) is 10.9 Å². The lowest BCUT2D eigenvalue weighted by atomic mass is 10.2. The number of likely N-dealkylation sites (N-methyl/N-ethyl adjacent to an activating group) is 1. The number of nitrogens with one attached hydrogen (secondary N) is 2. The van der Waals surface area contributed by atoms with Gasteiger partial charge in [-0.3, -0.25) is 10.9 Å². The monoisotopic (exact) mass is 336 g/mol. The third kappa shape index (κ3) is 5.29. The van der Waals surface area contributed by atoms with Gasteiger partial charge in [-0.15, -0.1) is 0 Å². The highest BCUT2D eigenvalue weighted by molar-refractivity contribution is 5.93. The molecule has 1 heterocycles. The van der Waals surface area contributed by atoms with Gasteiger partial charge >= 0.3 is 18.2 Å². The number of hydrogen-bond acceptors (Lipinski definition) is 5. The first kappa shape index (κ1) is 18.5. The van der Waals surface area contributed by atoms with Crippen molar-refractivity contribution < 1.29 is 32.6 Å². The number of pyridine rings is 1. The first-order valence-corrected chi connectivity index (χ1v) is 6.24. The van der Waals surface area contributed by atoms with Crippen molar-refractivity contribution in [3.8, 4) is 0 Å². The number of ether oxygens (including phenoxy) is 1. The third-order valence-corrected chi connectivity index (χ3v) is 2.68. The minimum atomic E-state index is -4.74. The van der Waals surface area contributed by atoms with Gasteiger partial charge in [0.05, 0.1) is 6.61 Å². The number of hydrogen-bond donors (Lipinski definition) is 3. The van der Waals surface area contributed by atoms with E-state index in [2.05, 4.69) is 15.8 Å². The fraction of sp³-hybridized carbons (Fsp3) is 0.417. The number of hydrazine groups is 1. The molecule has 0 atom stereocenters. The Labute approximate surface area is 129 Å². The molecule has 0 bridgehead atoms. The maximum atomic E-state index is 12.6. The number of carbonyl (C=O) groups is 2. The Hall–Kier alpha value is -2.56. The zero-order valence-electron chi connectivity index (χ0n) is 12.3. The summed E-state index contributed by atoms with van der Waals surface area (Å²) < 4.78 is 42.6. The molecule has 0 spiro atoms. The number of carboxylic acid groups (broad SMARTS) is 1. The van der Waals surface area contributed by atoms with E-state index in [1.807, 2.05) is 0 Å². The number of amides is 2. The summed E-state index contributed by atoms with van der Waals surface area (Å²) >= 11 is 0. The van der Waals surface area contributed by atoms with Crippen molar-refractivity contribution in [1.82, 2.24) is 15.3 Å². The predicted molar refractivity (Wildman–Crippen MR) is 72.9 cm³/mol. The minimum absolute atomic E-state index is 0.228. The predicted octanol–water partition coefficient (Wildman–Crippen LogP) is 1.41. The van der Waals surface area contributed by atoms with Crippen LogP contribution in [0.2, 0.25) is 0 Å². The van der Waals surface area contributed by atoms with Crippen molar-refractivity contribution in [2.75, 3.05) is 32.7 Å². The smallest absolute Gasteiger partial charge is 0.433 e. The van der Waals surface area contributed by atoms with Gasteiger partial charge in [-0.2, -0.15) is 13.2 Å². The van der Waals surface area contributed by atoms with Crippen LogP contribution >= 0.6 is 0 Å². The summed E-state index contributed by atoms with van der Waals surface area (Å²) in [4.78, 5) is 27.1. The molecule has 128 valence electrons. The highest BCUT2D eigenvalue weighted by atomic mass is 19.4. The van der Waals surface area contributed by atoms with Crippen LogP contribution in [0.3, 0.4) is 0 Å². The number of nitrogens with zero attached hydrogens (tertiary/aromatic N) is 2. The Bertz CT molecular complexity index is 580. The first-order valence-electron chi connectivity index (χ1n) is 6.24. The molecule has 0 aromatic carbocycles. The van der Waals surface area contributed by atoms with Crippen molar-refractivity contribution in [3.63, 3.8) is 0 Å². The number of carbonyl (C=O) groups excluding carboxylic acids is 1. The van der Waals surface area contributed by atoms with Crippen molar-refractivity contribution >= 4 is 17.8 Å². The lowest BCUT2D eigenvalue weighted by Gasteiger charge is -2.18. The summed E-state index contributed by atoms with van der Waals surface area (Å²) in [5.74, 6) is -2.11. The zero-order valence-corrected chi connectivity index (χ0v) is 12.3. The fourth-order valence-electron chi connectivity index (χ4n) is 1.42. The van der Waals surface area contributed by atoms with Gasteiger partial charge in [-0.1, -0.05) is 0 Å². The Balaban J connectivity index is 2.89. The summed E-state index contributed by atoms with van der Waals surface area (Å²) in [6, 6.07) is 0.597. The van der Waals surface area contributed by atoms with Crippen LogP contribution in [0, 0.1) is 0 Å². The van der Waals surface area contributed by atoms with Gasteiger partial charge in [0.15, 0.2) is 5.82 Å². The van der Waals surface area contributed by atoms with Gasteiger partial charge in [0.1, 0.15) is 11.3 Å². The lowest BCUT2D eigenvalue weighted by molar-refractivity contribution is -0.141. The van der Waals surface area contributed by atoms with E-state index in [4.69, 9.17) is 9.84 Å². The molecule has 0 aliphatic carbocycles. The molecule has 0 saturated heterocycles. The van der Waals surface area contributed by atoms with Gasteiger partial charge in [-0.05, 0) is 12.1 Å². The molecule has 1 rings (SSSR count). The highest BCUT2D eigenvalue weighted by Gasteiger charge is 2.33. The number of rotatable bonds is 6. The third-order valence-electron chi connectivity index (χ3n) is 2.68. The Kier molecular flexibility index (Phi) is 6.13. The molecule has 0 saturated carbocycles. The summed E-state index contributed by atoms with van der Waals surface area (Å²) in [5, 5.41) is 8.95. The molecule has 1 aromatic rings. The molecule has 8 nitrogen and oxygen atoms in total. The molecule has 0 aliphatic rings. The maximum absolute atomic E-state index is 12.6. The molecule has 0 aliphatic heterocycles. The largest absolute Gasteiger partial charge is 0.478 e. The first-order chi connectivity index (χ1) is 10.7. The van der Waals surface area contributed by atoms with Crippen LogP contribution in [0.4, 0.5) is 23.8 Å². The van der Waals surface area contributed by atoms with E-state index in [0.717, 1.165) is 6.07 Å². The second-order valence-corrected chi connectivity index (χ2v) is 4.37. The van der Waals surface area contributed by atoms with Gasteiger partial charge in [0.25, 0.3) is 0 Å². The average molecular weight is 336 g/mol. The number of aromatic nitrogens is 1. The molecule has 11 heteroatoms. The van der Waals surface area contributed by atoms with Crippen molar-refractivity contribution in [2.45, 2.75) is 6.18 Å². The molecule has 2 amide bonds. The summed E-state index contributed by atoms with van der Waals surface area (Å²) in [6.07, 6.45) is -4.74. The van der Waals surface area contributed by atoms with E-state index in [-0.39, 0.29) is 13.2 Å². The lowest BCUT2D eigenvalue weighted by Crippen LogP contribution is -2.42. The van der Waals surface area contributed by atoms with Crippen LogP contribution in [-0.4, -0.2) is 54.3 Å². The van der Waals surface area contributed by atoms with E-state index in [1.54, 1.807) is 0 Å². The van der Waals surface area contributed by atoms with E-state index in [9.17, 15) is 22.8 Å². The quantitative estimate of drug-likeness (QED) is 0.679. The summed E-state index contributed by atoms with van der Waals surface area (Å²) in [6.45, 7) is 0.484. The Morgan fingerprint density at radius 1 is 1.39 bits per heavy atom. The van der Waals surface area contributed by atoms with Crippen LogP contribution in [0.5, 0.6) is 0 Å². The number of urea groups is 1. The fourth-order valence-corrected chi connectivity index (χ4v) is 1.42. The molecule has 0 radical (unpaired) electrons. The second-order valence-electron chi connectivity index (χ2n) is 4.37. The molecular formula is C12H15F3N4O4. The normalized spacial score (nSPS) is 11.0. The number of anilines is 1. The zero-order chi connectivity index (χ0) is 17.6. The molecule has 0 unspecified atom stereocenters. The number of aromatic carboxylic acids is 1. The van der Waals surface area contributed by atoms with Crippen LogP contribution < -0.4 is 10.9 Å². The van der Waals surface area contributed by atoms with E-state index in [1.165, 1.54) is 19.1 Å². The van der Waals surface area contributed by atoms with Crippen molar-refractivity contribution in [1.29, 1.82) is 0 Å². The minimum Gasteiger partial charge on any atom is -0.478 e.